The number of fused-ring (bicyclic) bond motifs is 1. The summed E-state index contributed by atoms with van der Waals surface area (Å²) in [7, 11) is 4.51. The molecule has 0 fully saturated rings. The fraction of sp³-hybridized carbons (Fsp3) is 0.316. The molecule has 0 saturated carbocycles. The van der Waals surface area contributed by atoms with Gasteiger partial charge in [-0.25, -0.2) is 4.79 Å². The number of Topliss-reactive ketones (excluding diaryl/α,β-unsaturated/α-hetero) is 1. The summed E-state index contributed by atoms with van der Waals surface area (Å²) in [5, 5.41) is 0.982. The first-order valence-electron chi connectivity index (χ1n) is 8.49. The first-order valence-corrected chi connectivity index (χ1v) is 8.49. The average Bonchev–Trinajstić information content (AvgIpc) is 3.08. The molecule has 142 valence electrons. The number of hydrogen-bond acceptors (Lipinski definition) is 6. The van der Waals surface area contributed by atoms with Crippen molar-refractivity contribution in [3.05, 3.63) is 62.5 Å². The van der Waals surface area contributed by atoms with Crippen LogP contribution in [0.5, 0.6) is 0 Å². The molecule has 2 heterocycles. The number of carbonyl (C=O) groups is 1. The predicted octanol–water partition coefficient (Wildman–Crippen LogP) is 1.29. The van der Waals surface area contributed by atoms with Crippen molar-refractivity contribution < 1.29 is 9.21 Å². The number of likely N-dealkylation sites (N-methyl/N-ethyl adjacent to an activating group) is 1. The number of ketones is 1. The van der Waals surface area contributed by atoms with Gasteiger partial charge in [-0.05, 0) is 26.1 Å². The van der Waals surface area contributed by atoms with Crippen molar-refractivity contribution in [2.45, 2.75) is 13.0 Å². The number of nitrogens with zero attached hydrogens (tertiary/aromatic N) is 3. The SMILES string of the molecule is C[C@@H](c1cc2ccccc2o1)N(C)CC(=O)c1c(N)n(C)c(=O)n(C)c1=O. The Hall–Kier alpha value is -3.13. The Kier molecular flexibility index (Phi) is 4.75. The van der Waals surface area contributed by atoms with Crippen LogP contribution in [0.1, 0.15) is 29.1 Å². The standard InChI is InChI=1S/C19H22N4O4/c1-11(15-9-12-7-5-6-8-14(12)27-15)21(2)10-13(24)16-17(20)22(3)19(26)23(4)18(16)25/h5-9,11H,10,20H2,1-4H3/t11-/m0/s1. The van der Waals surface area contributed by atoms with Crippen LogP contribution >= 0.6 is 0 Å². The summed E-state index contributed by atoms with van der Waals surface area (Å²) < 4.78 is 7.83. The van der Waals surface area contributed by atoms with Gasteiger partial charge in [-0.15, -0.1) is 0 Å². The van der Waals surface area contributed by atoms with Gasteiger partial charge in [0, 0.05) is 19.5 Å². The number of hydrogen-bond donors (Lipinski definition) is 1. The molecule has 0 amide bonds. The first kappa shape index (κ1) is 18.7. The molecule has 1 aromatic carbocycles. The Labute approximate surface area is 155 Å². The first-order chi connectivity index (χ1) is 12.7. The molecular formula is C19H22N4O4. The molecule has 2 aromatic heterocycles. The highest BCUT2D eigenvalue weighted by molar-refractivity contribution is 6.01. The second-order valence-corrected chi connectivity index (χ2v) is 6.67. The maximum atomic E-state index is 12.7. The van der Waals surface area contributed by atoms with E-state index in [0.29, 0.717) is 5.76 Å². The van der Waals surface area contributed by atoms with Crippen LogP contribution in [0.4, 0.5) is 5.82 Å². The van der Waals surface area contributed by atoms with Crippen LogP contribution in [0.2, 0.25) is 0 Å². The molecular weight excluding hydrogens is 348 g/mol. The number of carbonyl (C=O) groups excluding carboxylic acids is 1. The quantitative estimate of drug-likeness (QED) is 0.679. The molecule has 0 aliphatic carbocycles. The van der Waals surface area contributed by atoms with Crippen LogP contribution in [-0.4, -0.2) is 33.4 Å². The van der Waals surface area contributed by atoms with Gasteiger partial charge in [0.25, 0.3) is 5.56 Å². The minimum atomic E-state index is -0.689. The highest BCUT2D eigenvalue weighted by Crippen LogP contribution is 2.26. The van der Waals surface area contributed by atoms with Gasteiger partial charge in [0.2, 0.25) is 0 Å². The maximum absolute atomic E-state index is 12.7. The molecule has 1 atom stereocenters. The fourth-order valence-corrected chi connectivity index (χ4v) is 2.99. The maximum Gasteiger partial charge on any atom is 0.332 e. The van der Waals surface area contributed by atoms with E-state index in [1.807, 2.05) is 37.3 Å². The van der Waals surface area contributed by atoms with Gasteiger partial charge < -0.3 is 10.2 Å². The van der Waals surface area contributed by atoms with Gasteiger partial charge in [0.1, 0.15) is 22.7 Å². The zero-order valence-electron chi connectivity index (χ0n) is 15.7. The number of furan rings is 1. The Morgan fingerprint density at radius 3 is 2.56 bits per heavy atom. The number of anilines is 1. The zero-order valence-corrected chi connectivity index (χ0v) is 15.7. The van der Waals surface area contributed by atoms with Crippen LogP contribution in [0.3, 0.4) is 0 Å². The third-order valence-electron chi connectivity index (χ3n) is 4.90. The minimum Gasteiger partial charge on any atom is -0.459 e. The molecule has 0 bridgehead atoms. The molecule has 0 unspecified atom stereocenters. The highest BCUT2D eigenvalue weighted by Gasteiger charge is 2.24. The van der Waals surface area contributed by atoms with E-state index < -0.39 is 17.0 Å². The average molecular weight is 370 g/mol. The summed E-state index contributed by atoms with van der Waals surface area (Å²) in [4.78, 5) is 38.8. The minimum absolute atomic E-state index is 0.0458. The number of aromatic nitrogens is 2. The summed E-state index contributed by atoms with van der Waals surface area (Å²) in [5.41, 5.74) is 5.19. The van der Waals surface area contributed by atoms with Gasteiger partial charge in [0.05, 0.1) is 12.6 Å². The van der Waals surface area contributed by atoms with E-state index in [2.05, 4.69) is 0 Å². The monoisotopic (exact) mass is 370 g/mol. The van der Waals surface area contributed by atoms with E-state index in [1.165, 1.54) is 14.1 Å². The molecule has 2 N–H and O–H groups in total. The molecule has 0 saturated heterocycles. The number of rotatable bonds is 5. The molecule has 8 nitrogen and oxygen atoms in total. The smallest absolute Gasteiger partial charge is 0.332 e. The summed E-state index contributed by atoms with van der Waals surface area (Å²) >= 11 is 0. The van der Waals surface area contributed by atoms with Crippen molar-refractivity contribution in [2.75, 3.05) is 19.3 Å². The molecule has 27 heavy (non-hydrogen) atoms. The van der Waals surface area contributed by atoms with Gasteiger partial charge in [-0.2, -0.15) is 0 Å². The summed E-state index contributed by atoms with van der Waals surface area (Å²) in [5.74, 6) is 0.139. The molecule has 0 spiro atoms. The highest BCUT2D eigenvalue weighted by atomic mass is 16.3. The van der Waals surface area contributed by atoms with Gasteiger partial charge in [-0.3, -0.25) is 23.6 Å². The number of nitrogens with two attached hydrogens (primary N) is 1. The lowest BCUT2D eigenvalue weighted by molar-refractivity contribution is 0.0916. The van der Waals surface area contributed by atoms with E-state index in [4.69, 9.17) is 10.2 Å². The van der Waals surface area contributed by atoms with Crippen LogP contribution in [-0.2, 0) is 14.1 Å². The summed E-state index contributed by atoms with van der Waals surface area (Å²) in [6, 6.07) is 9.39. The topological polar surface area (TPSA) is 103 Å². The lowest BCUT2D eigenvalue weighted by Crippen LogP contribution is -2.43. The Bertz CT molecular complexity index is 1110. The van der Waals surface area contributed by atoms with Gasteiger partial charge in [-0.1, -0.05) is 18.2 Å². The van der Waals surface area contributed by atoms with E-state index in [1.54, 1.807) is 11.9 Å². The second-order valence-electron chi connectivity index (χ2n) is 6.67. The van der Waals surface area contributed by atoms with Crippen LogP contribution < -0.4 is 17.0 Å². The van der Waals surface area contributed by atoms with E-state index in [0.717, 1.165) is 20.1 Å². The van der Waals surface area contributed by atoms with Crippen molar-refractivity contribution in [3.63, 3.8) is 0 Å². The zero-order chi connectivity index (χ0) is 19.9. The normalized spacial score (nSPS) is 12.6. The van der Waals surface area contributed by atoms with Gasteiger partial charge in [0.15, 0.2) is 5.78 Å². The Balaban J connectivity index is 1.88. The lowest BCUT2D eigenvalue weighted by Gasteiger charge is -2.22. The van der Waals surface area contributed by atoms with Gasteiger partial charge >= 0.3 is 5.69 Å². The number of benzene rings is 1. The molecule has 3 aromatic rings. The van der Waals surface area contributed by atoms with E-state index >= 15 is 0 Å². The molecule has 3 rings (SSSR count). The van der Waals surface area contributed by atoms with Crippen LogP contribution in [0.15, 0.2) is 44.3 Å². The lowest BCUT2D eigenvalue weighted by atomic mass is 10.1. The Morgan fingerprint density at radius 2 is 1.89 bits per heavy atom. The summed E-state index contributed by atoms with van der Waals surface area (Å²) in [6.45, 7) is 1.86. The molecule has 8 heteroatoms. The molecule has 0 aliphatic rings. The van der Waals surface area contributed by atoms with Crippen LogP contribution in [0, 0.1) is 0 Å². The number of para-hydroxylation sites is 1. The van der Waals surface area contributed by atoms with E-state index in [9.17, 15) is 14.4 Å². The molecule has 0 aliphatic heterocycles. The van der Waals surface area contributed by atoms with Crippen molar-refractivity contribution in [1.82, 2.24) is 14.0 Å². The van der Waals surface area contributed by atoms with Crippen molar-refractivity contribution in [2.24, 2.45) is 14.1 Å². The molecule has 0 radical (unpaired) electrons. The fourth-order valence-electron chi connectivity index (χ4n) is 2.99. The second kappa shape index (κ2) is 6.88. The summed E-state index contributed by atoms with van der Waals surface area (Å²) in [6.07, 6.45) is 0. The van der Waals surface area contributed by atoms with Crippen molar-refractivity contribution >= 4 is 22.6 Å². The Morgan fingerprint density at radius 1 is 1.22 bits per heavy atom. The van der Waals surface area contributed by atoms with Crippen molar-refractivity contribution in [1.29, 1.82) is 0 Å². The number of nitrogen functional groups attached to an aromatic ring is 1. The van der Waals surface area contributed by atoms with Crippen molar-refractivity contribution in [3.8, 4) is 0 Å². The third-order valence-corrected chi connectivity index (χ3v) is 4.90. The predicted molar refractivity (Wildman–Crippen MR) is 103 cm³/mol. The largest absolute Gasteiger partial charge is 0.459 e. The van der Waals surface area contributed by atoms with E-state index in [-0.39, 0.29) is 24.0 Å². The van der Waals surface area contributed by atoms with Crippen LogP contribution in [0.25, 0.3) is 11.0 Å². The third kappa shape index (κ3) is 3.19.